The molecule has 2 aromatic rings. The van der Waals surface area contributed by atoms with E-state index in [1.165, 1.54) is 18.8 Å². The Labute approximate surface area is 127 Å². The average molecular weight is 306 g/mol. The lowest BCUT2D eigenvalue weighted by Gasteiger charge is -2.11. The Hall–Kier alpha value is -2.02. The van der Waals surface area contributed by atoms with E-state index in [1.54, 1.807) is 6.92 Å². The zero-order valence-electron chi connectivity index (χ0n) is 12.2. The summed E-state index contributed by atoms with van der Waals surface area (Å²) in [5.41, 5.74) is 1.95. The van der Waals surface area contributed by atoms with Crippen LogP contribution in [0.2, 0.25) is 0 Å². The van der Waals surface area contributed by atoms with Gasteiger partial charge in [-0.2, -0.15) is 0 Å². The summed E-state index contributed by atoms with van der Waals surface area (Å²) in [4.78, 5) is 27.6. The zero-order chi connectivity index (χ0) is 15.4. The predicted molar refractivity (Wildman–Crippen MR) is 83.3 cm³/mol. The maximum Gasteiger partial charge on any atom is 0.321 e. The van der Waals surface area contributed by atoms with Crippen molar-refractivity contribution in [2.24, 2.45) is 0 Å². The first kappa shape index (κ1) is 15.4. The lowest BCUT2D eigenvalue weighted by molar-refractivity contribution is -0.119. The number of aryl methyl sites for hydroxylation is 1. The Kier molecular flexibility index (Phi) is 4.85. The van der Waals surface area contributed by atoms with Crippen molar-refractivity contribution in [3.8, 4) is 0 Å². The summed E-state index contributed by atoms with van der Waals surface area (Å²) < 4.78 is 2.06. The Bertz CT molecular complexity index is 668. The summed E-state index contributed by atoms with van der Waals surface area (Å²) in [5, 5.41) is 5.00. The fourth-order valence-corrected chi connectivity index (χ4v) is 2.92. The number of rotatable bonds is 4. The second-order valence-electron chi connectivity index (χ2n) is 4.46. The molecule has 1 aromatic heterocycles. The number of urea groups is 1. The van der Waals surface area contributed by atoms with E-state index in [-0.39, 0.29) is 5.91 Å². The van der Waals surface area contributed by atoms with E-state index in [4.69, 9.17) is 0 Å². The molecule has 1 aromatic carbocycles. The predicted octanol–water partition coefficient (Wildman–Crippen LogP) is 1.99. The fourth-order valence-electron chi connectivity index (χ4n) is 1.94. The van der Waals surface area contributed by atoms with Crippen LogP contribution in [0.4, 0.5) is 4.79 Å². The van der Waals surface area contributed by atoms with Gasteiger partial charge in [0.2, 0.25) is 5.91 Å². The maximum atomic E-state index is 11.9. The monoisotopic (exact) mass is 306 g/mol. The van der Waals surface area contributed by atoms with Crippen LogP contribution in [0.3, 0.4) is 0 Å². The van der Waals surface area contributed by atoms with Crippen molar-refractivity contribution in [2.75, 3.05) is 7.05 Å². The van der Waals surface area contributed by atoms with Crippen molar-refractivity contribution >= 4 is 34.7 Å². The topological polar surface area (TPSA) is 76.0 Å². The molecule has 2 N–H and O–H groups in total. The van der Waals surface area contributed by atoms with Gasteiger partial charge < -0.3 is 9.88 Å². The molecule has 6 nitrogen and oxygen atoms in total. The van der Waals surface area contributed by atoms with Gasteiger partial charge >= 0.3 is 6.03 Å². The van der Waals surface area contributed by atoms with Gasteiger partial charge in [-0.05, 0) is 26.0 Å². The molecule has 0 bridgehead atoms. The van der Waals surface area contributed by atoms with Crippen molar-refractivity contribution in [1.82, 2.24) is 20.2 Å². The molecule has 1 heterocycles. The summed E-state index contributed by atoms with van der Waals surface area (Å²) >= 11 is 1.34. The van der Waals surface area contributed by atoms with Gasteiger partial charge in [-0.1, -0.05) is 23.9 Å². The third kappa shape index (κ3) is 3.36. The quantitative estimate of drug-likeness (QED) is 0.847. The number of nitrogens with one attached hydrogen (secondary N) is 2. The number of carbonyl (C=O) groups is 2. The summed E-state index contributed by atoms with van der Waals surface area (Å²) in [7, 11) is 1.47. The van der Waals surface area contributed by atoms with Gasteiger partial charge in [-0.3, -0.25) is 10.1 Å². The van der Waals surface area contributed by atoms with Crippen molar-refractivity contribution in [1.29, 1.82) is 0 Å². The maximum absolute atomic E-state index is 11.9. The molecule has 0 saturated carbocycles. The first-order valence-corrected chi connectivity index (χ1v) is 7.59. The first-order chi connectivity index (χ1) is 10.1. The van der Waals surface area contributed by atoms with Gasteiger partial charge in [0, 0.05) is 13.6 Å². The largest absolute Gasteiger partial charge is 0.341 e. The number of para-hydroxylation sites is 2. The highest BCUT2D eigenvalue weighted by Gasteiger charge is 2.20. The summed E-state index contributed by atoms with van der Waals surface area (Å²) in [5.74, 6) is -0.339. The molecule has 0 radical (unpaired) electrons. The summed E-state index contributed by atoms with van der Waals surface area (Å²) in [6, 6.07) is 7.35. The second kappa shape index (κ2) is 6.62. The number of fused-ring (bicyclic) bond motifs is 1. The van der Waals surface area contributed by atoms with E-state index in [1.807, 2.05) is 31.2 Å². The zero-order valence-corrected chi connectivity index (χ0v) is 13.0. The number of thioether (sulfide) groups is 1. The highest BCUT2D eigenvalue weighted by molar-refractivity contribution is 8.00. The van der Waals surface area contributed by atoms with Crippen LogP contribution in [0.5, 0.6) is 0 Å². The molecular formula is C14H18N4O2S. The minimum atomic E-state index is -0.503. The van der Waals surface area contributed by atoms with E-state index in [2.05, 4.69) is 20.2 Å². The number of nitrogens with zero attached hydrogens (tertiary/aromatic N) is 2. The smallest absolute Gasteiger partial charge is 0.321 e. The molecule has 1 atom stereocenters. The molecule has 21 heavy (non-hydrogen) atoms. The molecule has 7 heteroatoms. The van der Waals surface area contributed by atoms with Gasteiger partial charge in [0.15, 0.2) is 5.16 Å². The molecule has 0 fully saturated rings. The molecular weight excluding hydrogens is 288 g/mol. The number of aromatic nitrogens is 2. The molecule has 0 aliphatic rings. The number of hydrogen-bond donors (Lipinski definition) is 2. The number of carbonyl (C=O) groups excluding carboxylic acids is 2. The fraction of sp³-hybridized carbons (Fsp3) is 0.357. The summed E-state index contributed by atoms with van der Waals surface area (Å²) in [6.07, 6.45) is 0. The molecule has 0 spiro atoms. The highest BCUT2D eigenvalue weighted by Crippen LogP contribution is 2.27. The lowest BCUT2D eigenvalue weighted by atomic mass is 10.3. The van der Waals surface area contributed by atoms with Crippen LogP contribution >= 0.6 is 11.8 Å². The van der Waals surface area contributed by atoms with Crippen LogP contribution in [-0.4, -0.2) is 33.8 Å². The van der Waals surface area contributed by atoms with Crippen LogP contribution < -0.4 is 10.6 Å². The van der Waals surface area contributed by atoms with E-state index in [0.717, 1.165) is 22.7 Å². The SMILES string of the molecule is CCn1c(SC(C)C(=O)NC(=O)NC)nc2ccccc21. The van der Waals surface area contributed by atoms with E-state index in [9.17, 15) is 9.59 Å². The second-order valence-corrected chi connectivity index (χ2v) is 5.76. The molecule has 3 amide bonds. The minimum Gasteiger partial charge on any atom is -0.341 e. The van der Waals surface area contributed by atoms with Crippen molar-refractivity contribution in [3.05, 3.63) is 24.3 Å². The standard InChI is InChI=1S/C14H18N4O2S/c1-4-18-11-8-6-5-7-10(11)16-14(18)21-9(2)12(19)17-13(20)15-3/h5-9H,4H2,1-3H3,(H2,15,17,19,20). The molecule has 2 rings (SSSR count). The van der Waals surface area contributed by atoms with Crippen LogP contribution in [0.15, 0.2) is 29.4 Å². The third-order valence-electron chi connectivity index (χ3n) is 3.05. The van der Waals surface area contributed by atoms with E-state index in [0.29, 0.717) is 0 Å². The van der Waals surface area contributed by atoms with E-state index >= 15 is 0 Å². The number of hydrogen-bond acceptors (Lipinski definition) is 4. The van der Waals surface area contributed by atoms with Crippen LogP contribution in [0.1, 0.15) is 13.8 Å². The number of benzene rings is 1. The molecule has 0 saturated heterocycles. The molecule has 112 valence electrons. The molecule has 0 aliphatic carbocycles. The number of imide groups is 1. The number of amides is 3. The van der Waals surface area contributed by atoms with Crippen molar-refractivity contribution in [2.45, 2.75) is 30.8 Å². The number of imidazole rings is 1. The van der Waals surface area contributed by atoms with Crippen LogP contribution in [0, 0.1) is 0 Å². The van der Waals surface area contributed by atoms with Crippen molar-refractivity contribution < 1.29 is 9.59 Å². The molecule has 1 unspecified atom stereocenters. The third-order valence-corrected chi connectivity index (χ3v) is 4.14. The van der Waals surface area contributed by atoms with E-state index < -0.39 is 11.3 Å². The van der Waals surface area contributed by atoms with Gasteiger partial charge in [0.25, 0.3) is 0 Å². The highest BCUT2D eigenvalue weighted by atomic mass is 32.2. The Morgan fingerprint density at radius 1 is 1.38 bits per heavy atom. The van der Waals surface area contributed by atoms with Gasteiger partial charge in [0.1, 0.15) is 0 Å². The minimum absolute atomic E-state index is 0.339. The summed E-state index contributed by atoms with van der Waals surface area (Å²) in [6.45, 7) is 4.56. The Balaban J connectivity index is 2.19. The van der Waals surface area contributed by atoms with Gasteiger partial charge in [0.05, 0.1) is 16.3 Å². The van der Waals surface area contributed by atoms with Crippen molar-refractivity contribution in [3.63, 3.8) is 0 Å². The Morgan fingerprint density at radius 2 is 2.10 bits per heavy atom. The van der Waals surface area contributed by atoms with Crippen LogP contribution in [-0.2, 0) is 11.3 Å². The first-order valence-electron chi connectivity index (χ1n) is 6.71. The Morgan fingerprint density at radius 3 is 2.76 bits per heavy atom. The van der Waals surface area contributed by atoms with Gasteiger partial charge in [-0.25, -0.2) is 9.78 Å². The molecule has 0 aliphatic heterocycles. The average Bonchev–Trinajstić information content (AvgIpc) is 2.83. The lowest BCUT2D eigenvalue weighted by Crippen LogP contribution is -2.41. The van der Waals surface area contributed by atoms with Gasteiger partial charge in [-0.15, -0.1) is 0 Å². The normalized spacial score (nSPS) is 12.1. The van der Waals surface area contributed by atoms with Crippen LogP contribution in [0.25, 0.3) is 11.0 Å².